The molecule has 0 atom stereocenters. The second-order valence-corrected chi connectivity index (χ2v) is 3.87. The molecule has 2 heterocycles. The highest BCUT2D eigenvalue weighted by Gasteiger charge is 2.23. The van der Waals surface area contributed by atoms with Crippen molar-refractivity contribution in [2.24, 2.45) is 5.73 Å². The van der Waals surface area contributed by atoms with Gasteiger partial charge in [0.15, 0.2) is 0 Å². The highest BCUT2D eigenvalue weighted by molar-refractivity contribution is 5.40. The molecule has 0 aliphatic carbocycles. The van der Waals surface area contributed by atoms with Gasteiger partial charge >= 0.3 is 0 Å². The first-order chi connectivity index (χ1) is 7.74. The summed E-state index contributed by atoms with van der Waals surface area (Å²) in [5, 5.41) is 3.07. The normalized spacial score (nSPS) is 14.9. The number of rotatable bonds is 4. The molecule has 0 unspecified atom stereocenters. The maximum atomic E-state index is 5.42. The quantitative estimate of drug-likeness (QED) is 0.736. The lowest BCUT2D eigenvalue weighted by atomic mass is 10.2. The number of nitrogens with two attached hydrogens (primary N) is 1. The Morgan fingerprint density at radius 1 is 1.44 bits per heavy atom. The van der Waals surface area contributed by atoms with E-state index in [0.717, 1.165) is 24.3 Å². The summed E-state index contributed by atoms with van der Waals surface area (Å²) < 4.78 is 5.28. The summed E-state index contributed by atoms with van der Waals surface area (Å²) in [4.78, 5) is 10.9. The largest absolute Gasteiger partial charge is 0.481 e. The van der Waals surface area contributed by atoms with Gasteiger partial charge in [0.05, 0.1) is 18.4 Å². The van der Waals surface area contributed by atoms with Gasteiger partial charge in [0, 0.05) is 26.2 Å². The van der Waals surface area contributed by atoms with Crippen LogP contribution in [0.2, 0.25) is 0 Å². The molecule has 0 saturated heterocycles. The molecule has 0 fully saturated rings. The van der Waals surface area contributed by atoms with Crippen molar-refractivity contribution in [3.8, 4) is 5.88 Å². The molecule has 88 valence electrons. The standard InChI is InChI=1S/C10H17N5O/c1-15-5-7-8(6-15)13-10(12-4-3-11)14-9(7)16-2/h3-6,11H2,1-2H3,(H,12,13,14). The summed E-state index contributed by atoms with van der Waals surface area (Å²) >= 11 is 0. The van der Waals surface area contributed by atoms with Crippen molar-refractivity contribution in [3.05, 3.63) is 11.3 Å². The van der Waals surface area contributed by atoms with Crippen LogP contribution in [-0.4, -0.2) is 42.1 Å². The summed E-state index contributed by atoms with van der Waals surface area (Å²) in [6.07, 6.45) is 0. The number of ether oxygens (including phenoxy) is 1. The van der Waals surface area contributed by atoms with Crippen molar-refractivity contribution < 1.29 is 4.74 Å². The number of nitrogens with one attached hydrogen (secondary N) is 1. The maximum Gasteiger partial charge on any atom is 0.226 e. The fraction of sp³-hybridized carbons (Fsp3) is 0.600. The Kier molecular flexibility index (Phi) is 3.21. The van der Waals surface area contributed by atoms with Crippen LogP contribution in [0.3, 0.4) is 0 Å². The minimum atomic E-state index is 0.558. The number of methoxy groups -OCH3 is 1. The van der Waals surface area contributed by atoms with Crippen molar-refractivity contribution in [2.45, 2.75) is 13.1 Å². The second-order valence-electron chi connectivity index (χ2n) is 3.87. The molecule has 2 rings (SSSR count). The predicted molar refractivity (Wildman–Crippen MR) is 61.3 cm³/mol. The van der Waals surface area contributed by atoms with E-state index in [-0.39, 0.29) is 0 Å². The zero-order valence-electron chi connectivity index (χ0n) is 9.66. The van der Waals surface area contributed by atoms with Crippen LogP contribution in [0.25, 0.3) is 0 Å². The van der Waals surface area contributed by atoms with Gasteiger partial charge in [0.25, 0.3) is 0 Å². The van der Waals surface area contributed by atoms with E-state index in [1.165, 1.54) is 0 Å². The minimum Gasteiger partial charge on any atom is -0.481 e. The highest BCUT2D eigenvalue weighted by Crippen LogP contribution is 2.28. The lowest BCUT2D eigenvalue weighted by molar-refractivity contribution is 0.342. The molecule has 0 spiro atoms. The first-order valence-corrected chi connectivity index (χ1v) is 5.31. The number of anilines is 1. The molecule has 6 nitrogen and oxygen atoms in total. The fourth-order valence-electron chi connectivity index (χ4n) is 1.81. The van der Waals surface area contributed by atoms with Gasteiger partial charge in [-0.25, -0.2) is 4.98 Å². The molecule has 6 heteroatoms. The van der Waals surface area contributed by atoms with E-state index in [9.17, 15) is 0 Å². The molecule has 1 aromatic heterocycles. The maximum absolute atomic E-state index is 5.42. The average molecular weight is 223 g/mol. The van der Waals surface area contributed by atoms with Gasteiger partial charge in [0.2, 0.25) is 11.8 Å². The van der Waals surface area contributed by atoms with Crippen LogP contribution >= 0.6 is 0 Å². The molecule has 1 aromatic rings. The molecule has 16 heavy (non-hydrogen) atoms. The Morgan fingerprint density at radius 2 is 2.25 bits per heavy atom. The zero-order chi connectivity index (χ0) is 11.5. The molecule has 0 bridgehead atoms. The van der Waals surface area contributed by atoms with E-state index >= 15 is 0 Å². The monoisotopic (exact) mass is 223 g/mol. The Balaban J connectivity index is 2.28. The Bertz CT molecular complexity index is 382. The Labute approximate surface area is 94.8 Å². The molecule has 1 aliphatic heterocycles. The third-order valence-corrected chi connectivity index (χ3v) is 2.52. The number of hydrogen-bond acceptors (Lipinski definition) is 6. The van der Waals surface area contributed by atoms with Gasteiger partial charge in [-0.05, 0) is 7.05 Å². The third-order valence-electron chi connectivity index (χ3n) is 2.52. The van der Waals surface area contributed by atoms with Crippen molar-refractivity contribution in [2.75, 3.05) is 32.6 Å². The number of aromatic nitrogens is 2. The zero-order valence-corrected chi connectivity index (χ0v) is 9.66. The Morgan fingerprint density at radius 3 is 2.94 bits per heavy atom. The highest BCUT2D eigenvalue weighted by atomic mass is 16.5. The number of hydrogen-bond donors (Lipinski definition) is 2. The van der Waals surface area contributed by atoms with Crippen LogP contribution in [0.15, 0.2) is 0 Å². The Hall–Kier alpha value is -1.40. The molecule has 0 saturated carbocycles. The predicted octanol–water partition coefficient (Wildman–Crippen LogP) is -0.199. The van der Waals surface area contributed by atoms with E-state index in [0.29, 0.717) is 24.9 Å². The molecule has 0 radical (unpaired) electrons. The number of nitrogens with zero attached hydrogens (tertiary/aromatic N) is 3. The van der Waals surface area contributed by atoms with Crippen molar-refractivity contribution >= 4 is 5.95 Å². The van der Waals surface area contributed by atoms with Gasteiger partial charge < -0.3 is 15.8 Å². The molecule has 1 aliphatic rings. The molecule has 3 N–H and O–H groups in total. The van der Waals surface area contributed by atoms with E-state index in [4.69, 9.17) is 10.5 Å². The fourth-order valence-corrected chi connectivity index (χ4v) is 1.81. The summed E-state index contributed by atoms with van der Waals surface area (Å²) in [5.41, 5.74) is 7.55. The van der Waals surface area contributed by atoms with Crippen molar-refractivity contribution in [3.63, 3.8) is 0 Å². The van der Waals surface area contributed by atoms with Gasteiger partial charge in [0.1, 0.15) is 0 Å². The van der Waals surface area contributed by atoms with Crippen LogP contribution in [0.1, 0.15) is 11.3 Å². The lowest BCUT2D eigenvalue weighted by Crippen LogP contribution is -2.15. The summed E-state index contributed by atoms with van der Waals surface area (Å²) in [5.74, 6) is 1.25. The van der Waals surface area contributed by atoms with Gasteiger partial charge in [-0.2, -0.15) is 4.98 Å². The SMILES string of the molecule is COc1nc(NCCN)nc2c1CN(C)C2. The van der Waals surface area contributed by atoms with E-state index in [1.54, 1.807) is 7.11 Å². The molecular weight excluding hydrogens is 206 g/mol. The first-order valence-electron chi connectivity index (χ1n) is 5.31. The van der Waals surface area contributed by atoms with Crippen molar-refractivity contribution in [1.82, 2.24) is 14.9 Å². The van der Waals surface area contributed by atoms with E-state index in [1.807, 2.05) is 7.05 Å². The first kappa shape index (κ1) is 11.1. The van der Waals surface area contributed by atoms with Crippen LogP contribution < -0.4 is 15.8 Å². The van der Waals surface area contributed by atoms with Crippen molar-refractivity contribution in [1.29, 1.82) is 0 Å². The van der Waals surface area contributed by atoms with E-state index < -0.39 is 0 Å². The van der Waals surface area contributed by atoms with Crippen LogP contribution in [0, 0.1) is 0 Å². The summed E-state index contributed by atoms with van der Waals surface area (Å²) in [7, 11) is 3.68. The molecule has 0 amide bonds. The van der Waals surface area contributed by atoms with Gasteiger partial charge in [-0.1, -0.05) is 0 Å². The van der Waals surface area contributed by atoms with Crippen LogP contribution in [0.5, 0.6) is 5.88 Å². The molecule has 0 aromatic carbocycles. The summed E-state index contributed by atoms with van der Waals surface area (Å²) in [6, 6.07) is 0. The van der Waals surface area contributed by atoms with E-state index in [2.05, 4.69) is 20.2 Å². The van der Waals surface area contributed by atoms with Gasteiger partial charge in [-0.3, -0.25) is 4.90 Å². The lowest BCUT2D eigenvalue weighted by Gasteiger charge is -2.08. The van der Waals surface area contributed by atoms with Crippen LogP contribution in [-0.2, 0) is 13.1 Å². The molecular formula is C10H17N5O. The average Bonchev–Trinajstić information content (AvgIpc) is 2.65. The van der Waals surface area contributed by atoms with Crippen LogP contribution in [0.4, 0.5) is 5.95 Å². The topological polar surface area (TPSA) is 76.3 Å². The van der Waals surface area contributed by atoms with Gasteiger partial charge in [-0.15, -0.1) is 0 Å². The second kappa shape index (κ2) is 4.63. The minimum absolute atomic E-state index is 0.558. The summed E-state index contributed by atoms with van der Waals surface area (Å²) in [6.45, 7) is 2.90. The third kappa shape index (κ3) is 2.07. The number of fused-ring (bicyclic) bond motifs is 1. The smallest absolute Gasteiger partial charge is 0.226 e.